The van der Waals surface area contributed by atoms with Crippen LogP contribution in [0.15, 0.2) is 0 Å². The number of rotatable bonds is 17. The second kappa shape index (κ2) is 17.8. The number of esters is 1. The monoisotopic (exact) mass is 401 g/mol. The van der Waals surface area contributed by atoms with Crippen molar-refractivity contribution in [3.63, 3.8) is 0 Å². The molecule has 0 bridgehead atoms. The lowest BCUT2D eigenvalue weighted by molar-refractivity contribution is -0.150. The summed E-state index contributed by atoms with van der Waals surface area (Å²) in [7, 11) is 3.11. The molecule has 1 amide bonds. The third-order valence-corrected chi connectivity index (χ3v) is 4.83. The van der Waals surface area contributed by atoms with Crippen LogP contribution in [0.25, 0.3) is 0 Å². The molecule has 0 aromatic carbocycles. The van der Waals surface area contributed by atoms with Crippen molar-refractivity contribution in [2.75, 3.05) is 34.0 Å². The molecule has 0 saturated heterocycles. The Hall–Kier alpha value is -1.30. The standard InChI is InChI=1S/C22H43NO5/c1-6-7-8-9-10-11-12-13-14-15-16-27-21(24)20(19(2)3)23(4)22(25)28-18-17-26-5/h19-20H,6-18H2,1-5H3. The number of hydrogen-bond donors (Lipinski definition) is 0. The van der Waals surface area contributed by atoms with Crippen LogP contribution in [0.5, 0.6) is 0 Å². The van der Waals surface area contributed by atoms with Crippen LogP contribution in [0.1, 0.15) is 85.0 Å². The van der Waals surface area contributed by atoms with Crippen LogP contribution in [-0.2, 0) is 19.0 Å². The molecule has 0 fully saturated rings. The van der Waals surface area contributed by atoms with Gasteiger partial charge in [0.1, 0.15) is 12.6 Å². The van der Waals surface area contributed by atoms with E-state index in [0.717, 1.165) is 12.8 Å². The molecule has 6 heteroatoms. The van der Waals surface area contributed by atoms with Gasteiger partial charge in [0.25, 0.3) is 0 Å². The minimum absolute atomic E-state index is 0.0554. The quantitative estimate of drug-likeness (QED) is 0.248. The Morgan fingerprint density at radius 1 is 0.786 bits per heavy atom. The highest BCUT2D eigenvalue weighted by atomic mass is 16.6. The molecular weight excluding hydrogens is 358 g/mol. The first-order valence-corrected chi connectivity index (χ1v) is 11.0. The van der Waals surface area contributed by atoms with Crippen molar-refractivity contribution in [2.45, 2.75) is 91.0 Å². The number of methoxy groups -OCH3 is 1. The van der Waals surface area contributed by atoms with Crippen molar-refractivity contribution < 1.29 is 23.8 Å². The molecule has 1 atom stereocenters. The Kier molecular flexibility index (Phi) is 16.9. The Balaban J connectivity index is 3.97. The summed E-state index contributed by atoms with van der Waals surface area (Å²) in [4.78, 5) is 25.8. The molecule has 0 aliphatic rings. The maximum Gasteiger partial charge on any atom is 0.410 e. The summed E-state index contributed by atoms with van der Waals surface area (Å²) in [6.07, 6.45) is 11.8. The maximum absolute atomic E-state index is 12.4. The molecule has 166 valence electrons. The van der Waals surface area contributed by atoms with Gasteiger partial charge < -0.3 is 14.2 Å². The van der Waals surface area contributed by atoms with E-state index >= 15 is 0 Å². The molecule has 0 aromatic heterocycles. The summed E-state index contributed by atoms with van der Waals surface area (Å²) in [6, 6.07) is -0.641. The van der Waals surface area contributed by atoms with Gasteiger partial charge in [-0.15, -0.1) is 0 Å². The fourth-order valence-corrected chi connectivity index (χ4v) is 3.15. The fourth-order valence-electron chi connectivity index (χ4n) is 3.15. The molecule has 0 rings (SSSR count). The average molecular weight is 402 g/mol. The molecule has 1 unspecified atom stereocenters. The topological polar surface area (TPSA) is 65.1 Å². The molecule has 0 radical (unpaired) electrons. The number of carbonyl (C=O) groups is 2. The molecule has 0 aliphatic heterocycles. The second-order valence-electron chi connectivity index (χ2n) is 7.76. The van der Waals surface area contributed by atoms with Gasteiger partial charge in [0.15, 0.2) is 0 Å². The zero-order chi connectivity index (χ0) is 21.2. The van der Waals surface area contributed by atoms with Gasteiger partial charge in [-0.1, -0.05) is 78.6 Å². The largest absolute Gasteiger partial charge is 0.464 e. The first kappa shape index (κ1) is 26.7. The summed E-state index contributed by atoms with van der Waals surface area (Å²) in [5.74, 6) is -0.419. The van der Waals surface area contributed by atoms with Crippen LogP contribution in [0.3, 0.4) is 0 Å². The van der Waals surface area contributed by atoms with Crippen LogP contribution in [0.4, 0.5) is 4.79 Å². The average Bonchev–Trinajstić information content (AvgIpc) is 2.66. The lowest BCUT2D eigenvalue weighted by Crippen LogP contribution is -2.47. The molecule has 0 saturated carbocycles. The highest BCUT2D eigenvalue weighted by molar-refractivity contribution is 5.81. The Labute approximate surface area is 172 Å². The number of nitrogens with zero attached hydrogens (tertiary/aromatic N) is 1. The van der Waals surface area contributed by atoms with Crippen LogP contribution in [0, 0.1) is 5.92 Å². The van der Waals surface area contributed by atoms with Crippen molar-refractivity contribution in [3.8, 4) is 0 Å². The van der Waals surface area contributed by atoms with E-state index in [0.29, 0.717) is 13.2 Å². The zero-order valence-electron chi connectivity index (χ0n) is 18.8. The van der Waals surface area contributed by atoms with E-state index in [1.807, 2.05) is 13.8 Å². The van der Waals surface area contributed by atoms with E-state index in [1.165, 1.54) is 56.3 Å². The van der Waals surface area contributed by atoms with E-state index in [9.17, 15) is 9.59 Å². The molecule has 28 heavy (non-hydrogen) atoms. The lowest BCUT2D eigenvalue weighted by atomic mass is 10.0. The van der Waals surface area contributed by atoms with Crippen molar-refractivity contribution >= 4 is 12.1 Å². The summed E-state index contributed by atoms with van der Waals surface area (Å²) in [6.45, 7) is 6.93. The SMILES string of the molecule is CCCCCCCCCCCCOC(=O)C(C(C)C)N(C)C(=O)OCCOC. The molecular formula is C22H43NO5. The van der Waals surface area contributed by atoms with Gasteiger partial charge in [-0.05, 0) is 12.3 Å². The normalized spacial score (nSPS) is 12.1. The number of unbranched alkanes of at least 4 members (excludes halogenated alkanes) is 9. The van der Waals surface area contributed by atoms with E-state index in [-0.39, 0.29) is 18.5 Å². The van der Waals surface area contributed by atoms with Crippen molar-refractivity contribution in [1.82, 2.24) is 4.90 Å². The molecule has 0 heterocycles. The minimum Gasteiger partial charge on any atom is -0.464 e. The molecule has 6 nitrogen and oxygen atoms in total. The van der Waals surface area contributed by atoms with E-state index in [1.54, 1.807) is 14.2 Å². The van der Waals surface area contributed by atoms with Gasteiger partial charge in [-0.25, -0.2) is 9.59 Å². The van der Waals surface area contributed by atoms with Crippen LogP contribution < -0.4 is 0 Å². The Morgan fingerprint density at radius 2 is 1.32 bits per heavy atom. The summed E-state index contributed by atoms with van der Waals surface area (Å²) in [5.41, 5.74) is 0. The Morgan fingerprint density at radius 3 is 1.82 bits per heavy atom. The summed E-state index contributed by atoms with van der Waals surface area (Å²) in [5, 5.41) is 0. The molecule has 0 N–H and O–H groups in total. The van der Waals surface area contributed by atoms with Crippen molar-refractivity contribution in [3.05, 3.63) is 0 Å². The van der Waals surface area contributed by atoms with E-state index < -0.39 is 12.1 Å². The smallest absolute Gasteiger partial charge is 0.410 e. The number of hydrogen-bond acceptors (Lipinski definition) is 5. The van der Waals surface area contributed by atoms with Gasteiger partial charge in [0.2, 0.25) is 0 Å². The van der Waals surface area contributed by atoms with E-state index in [2.05, 4.69) is 6.92 Å². The van der Waals surface area contributed by atoms with Crippen LogP contribution in [-0.4, -0.2) is 57.0 Å². The van der Waals surface area contributed by atoms with Crippen LogP contribution >= 0.6 is 0 Å². The van der Waals surface area contributed by atoms with E-state index in [4.69, 9.17) is 14.2 Å². The zero-order valence-corrected chi connectivity index (χ0v) is 18.8. The third kappa shape index (κ3) is 13.0. The van der Waals surface area contributed by atoms with Crippen LogP contribution in [0.2, 0.25) is 0 Å². The molecule has 0 aromatic rings. The third-order valence-electron chi connectivity index (χ3n) is 4.83. The number of carbonyl (C=O) groups excluding carboxylic acids is 2. The highest BCUT2D eigenvalue weighted by Gasteiger charge is 2.32. The van der Waals surface area contributed by atoms with Gasteiger partial charge in [-0.3, -0.25) is 4.90 Å². The van der Waals surface area contributed by atoms with Gasteiger partial charge in [0, 0.05) is 14.2 Å². The first-order valence-electron chi connectivity index (χ1n) is 11.0. The minimum atomic E-state index is -0.641. The summed E-state index contributed by atoms with van der Waals surface area (Å²) < 4.78 is 15.4. The number of amides is 1. The maximum atomic E-state index is 12.4. The number of ether oxygens (including phenoxy) is 3. The summed E-state index contributed by atoms with van der Waals surface area (Å²) >= 11 is 0. The molecule has 0 spiro atoms. The van der Waals surface area contributed by atoms with Crippen molar-refractivity contribution in [2.24, 2.45) is 5.92 Å². The van der Waals surface area contributed by atoms with Gasteiger partial charge in [-0.2, -0.15) is 0 Å². The fraction of sp³-hybridized carbons (Fsp3) is 0.909. The lowest BCUT2D eigenvalue weighted by Gasteiger charge is -2.28. The first-order chi connectivity index (χ1) is 13.5. The van der Waals surface area contributed by atoms with Crippen molar-refractivity contribution in [1.29, 1.82) is 0 Å². The second-order valence-corrected chi connectivity index (χ2v) is 7.76. The number of likely N-dealkylation sites (N-methyl/N-ethyl adjacent to an activating group) is 1. The predicted molar refractivity (Wildman–Crippen MR) is 112 cm³/mol. The highest BCUT2D eigenvalue weighted by Crippen LogP contribution is 2.14. The van der Waals surface area contributed by atoms with Gasteiger partial charge >= 0.3 is 12.1 Å². The van der Waals surface area contributed by atoms with Gasteiger partial charge in [0.05, 0.1) is 13.2 Å². The molecule has 0 aliphatic carbocycles. The Bertz CT molecular complexity index is 400. The predicted octanol–water partition coefficient (Wildman–Crippen LogP) is 5.19.